The fourth-order valence-electron chi connectivity index (χ4n) is 5.15. The Morgan fingerprint density at radius 2 is 1.69 bits per heavy atom. The van der Waals surface area contributed by atoms with Crippen molar-refractivity contribution in [2.24, 2.45) is 0 Å². The fourth-order valence-corrected chi connectivity index (χ4v) is 5.15. The van der Waals surface area contributed by atoms with Crippen molar-refractivity contribution in [1.82, 2.24) is 9.80 Å². The van der Waals surface area contributed by atoms with Crippen LogP contribution in [0.15, 0.2) is 72.8 Å². The maximum atomic E-state index is 13.3. The van der Waals surface area contributed by atoms with Gasteiger partial charge in [0.15, 0.2) is 0 Å². The highest BCUT2D eigenvalue weighted by Gasteiger charge is 2.36. The molecule has 2 heterocycles. The summed E-state index contributed by atoms with van der Waals surface area (Å²) in [6.07, 6.45) is 0.645. The van der Waals surface area contributed by atoms with E-state index in [1.165, 1.54) is 11.3 Å². The van der Waals surface area contributed by atoms with Gasteiger partial charge in [-0.25, -0.2) is 0 Å². The first kappa shape index (κ1) is 23.0. The lowest BCUT2D eigenvalue weighted by atomic mass is 10.1. The van der Waals surface area contributed by atoms with E-state index in [9.17, 15) is 9.59 Å². The van der Waals surface area contributed by atoms with Gasteiger partial charge in [-0.3, -0.25) is 9.59 Å². The highest BCUT2D eigenvalue weighted by Crippen LogP contribution is 2.34. The van der Waals surface area contributed by atoms with E-state index in [0.29, 0.717) is 25.2 Å². The SMILES string of the molecule is CCCN1C(=O)c2ccccc2C1Nc1cccc(C(=O)N2CCN(c3ccccc3C)CC2)c1. The first-order chi connectivity index (χ1) is 17.1. The number of anilines is 2. The van der Waals surface area contributed by atoms with Crippen molar-refractivity contribution in [3.8, 4) is 0 Å². The molecular weight excluding hydrogens is 436 g/mol. The summed E-state index contributed by atoms with van der Waals surface area (Å²) in [4.78, 5) is 32.4. The summed E-state index contributed by atoms with van der Waals surface area (Å²) in [5.74, 6) is 0.102. The minimum absolute atomic E-state index is 0.0476. The van der Waals surface area contributed by atoms with Crippen molar-refractivity contribution in [1.29, 1.82) is 0 Å². The second-order valence-electron chi connectivity index (χ2n) is 9.28. The second-order valence-corrected chi connectivity index (χ2v) is 9.28. The number of hydrogen-bond donors (Lipinski definition) is 1. The molecule has 1 N–H and O–H groups in total. The molecule has 1 unspecified atom stereocenters. The molecule has 2 aliphatic rings. The number of piperazine rings is 1. The number of nitrogens with zero attached hydrogens (tertiary/aromatic N) is 3. The van der Waals surface area contributed by atoms with E-state index in [1.54, 1.807) is 0 Å². The van der Waals surface area contributed by atoms with Crippen molar-refractivity contribution in [3.63, 3.8) is 0 Å². The normalized spacial score (nSPS) is 17.5. The summed E-state index contributed by atoms with van der Waals surface area (Å²) in [6, 6.07) is 23.8. The first-order valence-corrected chi connectivity index (χ1v) is 12.4. The molecule has 5 rings (SSSR count). The van der Waals surface area contributed by atoms with Crippen LogP contribution in [0.1, 0.15) is 51.4 Å². The van der Waals surface area contributed by atoms with Crippen LogP contribution in [0.5, 0.6) is 0 Å². The molecule has 1 fully saturated rings. The van der Waals surface area contributed by atoms with Gasteiger partial charge in [0.25, 0.3) is 11.8 Å². The van der Waals surface area contributed by atoms with Crippen LogP contribution in [0.2, 0.25) is 0 Å². The molecule has 180 valence electrons. The molecule has 0 aliphatic carbocycles. The molecule has 0 radical (unpaired) electrons. The smallest absolute Gasteiger partial charge is 0.256 e. The first-order valence-electron chi connectivity index (χ1n) is 12.4. The van der Waals surface area contributed by atoms with Crippen molar-refractivity contribution < 1.29 is 9.59 Å². The number of para-hydroxylation sites is 1. The Bertz CT molecular complexity index is 1230. The van der Waals surface area contributed by atoms with E-state index in [2.05, 4.69) is 48.3 Å². The number of carbonyl (C=O) groups is 2. The van der Waals surface area contributed by atoms with E-state index in [1.807, 2.05) is 58.3 Å². The Morgan fingerprint density at radius 1 is 0.943 bits per heavy atom. The van der Waals surface area contributed by atoms with Crippen LogP contribution >= 0.6 is 0 Å². The Balaban J connectivity index is 1.29. The Morgan fingerprint density at radius 3 is 2.46 bits per heavy atom. The van der Waals surface area contributed by atoms with Crippen LogP contribution in [-0.4, -0.2) is 54.3 Å². The number of hydrogen-bond acceptors (Lipinski definition) is 4. The van der Waals surface area contributed by atoms with Gasteiger partial charge >= 0.3 is 0 Å². The lowest BCUT2D eigenvalue weighted by Crippen LogP contribution is -2.49. The number of rotatable bonds is 6. The van der Waals surface area contributed by atoms with Crippen molar-refractivity contribution >= 4 is 23.2 Å². The van der Waals surface area contributed by atoms with E-state index in [-0.39, 0.29) is 18.0 Å². The maximum Gasteiger partial charge on any atom is 0.256 e. The lowest BCUT2D eigenvalue weighted by molar-refractivity contribution is 0.0735. The molecule has 35 heavy (non-hydrogen) atoms. The minimum atomic E-state index is -0.235. The van der Waals surface area contributed by atoms with E-state index in [0.717, 1.165) is 36.3 Å². The van der Waals surface area contributed by atoms with Gasteiger partial charge in [-0.2, -0.15) is 0 Å². The van der Waals surface area contributed by atoms with Crippen LogP contribution in [-0.2, 0) is 0 Å². The third-order valence-electron chi connectivity index (χ3n) is 6.96. The van der Waals surface area contributed by atoms with Crippen LogP contribution < -0.4 is 10.2 Å². The van der Waals surface area contributed by atoms with Crippen molar-refractivity contribution in [2.45, 2.75) is 26.4 Å². The number of aryl methyl sites for hydroxylation is 1. The number of benzene rings is 3. The lowest BCUT2D eigenvalue weighted by Gasteiger charge is -2.37. The van der Waals surface area contributed by atoms with Crippen molar-refractivity contribution in [3.05, 3.63) is 95.1 Å². The molecule has 0 saturated carbocycles. The standard InChI is InChI=1S/C29H32N4O2/c1-3-15-33-27(24-12-5-6-13-25(24)29(33)35)30-23-11-8-10-22(20-23)28(34)32-18-16-31(17-19-32)26-14-7-4-9-21(26)2/h4-14,20,27,30H,3,15-19H2,1-2H3. The summed E-state index contributed by atoms with van der Waals surface area (Å²) in [5, 5.41) is 3.52. The summed E-state index contributed by atoms with van der Waals surface area (Å²) in [6.45, 7) is 7.91. The third kappa shape index (κ3) is 4.48. The largest absolute Gasteiger partial charge is 0.368 e. The Kier molecular flexibility index (Phi) is 6.45. The van der Waals surface area contributed by atoms with E-state index >= 15 is 0 Å². The molecule has 0 bridgehead atoms. The summed E-state index contributed by atoms with van der Waals surface area (Å²) in [7, 11) is 0. The number of carbonyl (C=O) groups excluding carboxylic acids is 2. The van der Waals surface area contributed by atoms with Gasteiger partial charge in [0, 0.05) is 60.8 Å². The van der Waals surface area contributed by atoms with Gasteiger partial charge < -0.3 is 20.0 Å². The average molecular weight is 469 g/mol. The Hall–Kier alpha value is -3.80. The predicted molar refractivity (Wildman–Crippen MR) is 140 cm³/mol. The number of nitrogens with one attached hydrogen (secondary N) is 1. The second kappa shape index (κ2) is 9.82. The van der Waals surface area contributed by atoms with Crippen molar-refractivity contribution in [2.75, 3.05) is 42.9 Å². The highest BCUT2D eigenvalue weighted by molar-refractivity contribution is 5.99. The molecule has 1 saturated heterocycles. The highest BCUT2D eigenvalue weighted by atomic mass is 16.2. The monoisotopic (exact) mass is 468 g/mol. The molecule has 1 atom stereocenters. The zero-order valence-electron chi connectivity index (χ0n) is 20.4. The maximum absolute atomic E-state index is 13.3. The molecule has 6 nitrogen and oxygen atoms in total. The molecule has 2 amide bonds. The average Bonchev–Trinajstić information content (AvgIpc) is 3.15. The molecule has 0 spiro atoms. The zero-order valence-corrected chi connectivity index (χ0v) is 20.4. The van der Waals surface area contributed by atoms with Crippen LogP contribution in [0.4, 0.5) is 11.4 Å². The third-order valence-corrected chi connectivity index (χ3v) is 6.96. The van der Waals surface area contributed by atoms with Crippen LogP contribution in [0.3, 0.4) is 0 Å². The molecule has 6 heteroatoms. The molecule has 2 aliphatic heterocycles. The minimum Gasteiger partial charge on any atom is -0.368 e. The van der Waals surface area contributed by atoms with E-state index < -0.39 is 0 Å². The zero-order chi connectivity index (χ0) is 24.4. The van der Waals surface area contributed by atoms with Gasteiger partial charge in [0.1, 0.15) is 6.17 Å². The molecule has 3 aromatic carbocycles. The van der Waals surface area contributed by atoms with Crippen LogP contribution in [0.25, 0.3) is 0 Å². The molecule has 0 aromatic heterocycles. The number of amides is 2. The summed E-state index contributed by atoms with van der Waals surface area (Å²) < 4.78 is 0. The van der Waals surface area contributed by atoms with Gasteiger partial charge in [0.05, 0.1) is 0 Å². The van der Waals surface area contributed by atoms with E-state index in [4.69, 9.17) is 0 Å². The quantitative estimate of drug-likeness (QED) is 0.557. The Labute approximate surface area is 207 Å². The van der Waals surface area contributed by atoms with Gasteiger partial charge in [-0.15, -0.1) is 0 Å². The predicted octanol–water partition coefficient (Wildman–Crippen LogP) is 4.93. The fraction of sp³-hybridized carbons (Fsp3) is 0.310. The number of fused-ring (bicyclic) bond motifs is 1. The summed E-state index contributed by atoms with van der Waals surface area (Å²) >= 11 is 0. The summed E-state index contributed by atoms with van der Waals surface area (Å²) in [5.41, 5.74) is 5.74. The molecular formula is C29H32N4O2. The van der Waals surface area contributed by atoms with Crippen LogP contribution in [0, 0.1) is 6.92 Å². The van der Waals surface area contributed by atoms with Gasteiger partial charge in [-0.05, 0) is 49.2 Å². The molecule has 3 aromatic rings. The van der Waals surface area contributed by atoms with Gasteiger partial charge in [0.2, 0.25) is 0 Å². The topological polar surface area (TPSA) is 55.9 Å². The van der Waals surface area contributed by atoms with Gasteiger partial charge in [-0.1, -0.05) is 49.4 Å².